The minimum absolute atomic E-state index is 0.000795. The largest absolute Gasteiger partial charge is 0.507 e. The number of nitro benzene ring substituents is 2. The fourth-order valence-electron chi connectivity index (χ4n) is 4.15. The summed E-state index contributed by atoms with van der Waals surface area (Å²) >= 11 is 3.64. The Bertz CT molecular complexity index is 1310. The number of aromatic hydroxyl groups is 1. The van der Waals surface area contributed by atoms with Crippen molar-refractivity contribution in [2.75, 3.05) is 0 Å². The van der Waals surface area contributed by atoms with Gasteiger partial charge in [0, 0.05) is 34.7 Å². The van der Waals surface area contributed by atoms with E-state index in [9.17, 15) is 25.3 Å². The topological polar surface area (TPSA) is 107 Å². The Labute approximate surface area is 225 Å². The molecule has 0 saturated heterocycles. The smallest absolute Gasteiger partial charge is 0.269 e. The fourth-order valence-corrected chi connectivity index (χ4v) is 4.68. The third kappa shape index (κ3) is 6.43. The van der Waals surface area contributed by atoms with Crippen LogP contribution in [0.3, 0.4) is 0 Å². The Kier molecular flexibility index (Phi) is 7.93. The zero-order valence-electron chi connectivity index (χ0n) is 21.8. The van der Waals surface area contributed by atoms with Gasteiger partial charge in [-0.05, 0) is 50.8 Å². The fraction of sp³-hybridized carbons (Fsp3) is 0.310. The molecule has 3 aromatic rings. The van der Waals surface area contributed by atoms with Gasteiger partial charge in [0.1, 0.15) is 5.75 Å². The van der Waals surface area contributed by atoms with E-state index in [0.717, 1.165) is 27.8 Å². The van der Waals surface area contributed by atoms with Gasteiger partial charge in [0.15, 0.2) is 0 Å². The number of hydrogen-bond acceptors (Lipinski definition) is 5. The number of phenols is 1. The van der Waals surface area contributed by atoms with E-state index in [1.54, 1.807) is 24.3 Å². The van der Waals surface area contributed by atoms with Gasteiger partial charge in [0.2, 0.25) is 0 Å². The molecule has 0 saturated carbocycles. The molecular weight excluding hydrogens is 536 g/mol. The van der Waals surface area contributed by atoms with Crippen molar-refractivity contribution >= 4 is 31.8 Å². The van der Waals surface area contributed by atoms with Crippen molar-refractivity contribution in [2.45, 2.75) is 58.3 Å². The Morgan fingerprint density at radius 1 is 0.784 bits per heavy atom. The summed E-state index contributed by atoms with van der Waals surface area (Å²) < 4.78 is 0.716. The average molecular weight is 567 g/mol. The summed E-state index contributed by atoms with van der Waals surface area (Å²) in [6, 6.07) is 16.6. The molecule has 0 aliphatic heterocycles. The van der Waals surface area contributed by atoms with E-state index in [0.29, 0.717) is 4.48 Å². The highest BCUT2D eigenvalue weighted by molar-refractivity contribution is 9.15. The van der Waals surface area contributed by atoms with Gasteiger partial charge in [0.25, 0.3) is 11.4 Å². The molecule has 0 spiro atoms. The van der Waals surface area contributed by atoms with Crippen LogP contribution in [0.1, 0.15) is 75.3 Å². The maximum atomic E-state index is 11.2. The van der Waals surface area contributed by atoms with Gasteiger partial charge >= 0.3 is 0 Å². The van der Waals surface area contributed by atoms with Crippen LogP contribution >= 0.6 is 15.9 Å². The normalized spacial score (nSPS) is 13.3. The van der Waals surface area contributed by atoms with Crippen molar-refractivity contribution in [3.05, 3.63) is 115 Å². The lowest BCUT2D eigenvalue weighted by atomic mass is 9.76. The molecule has 0 radical (unpaired) electrons. The third-order valence-electron chi connectivity index (χ3n) is 6.24. The van der Waals surface area contributed by atoms with Crippen molar-refractivity contribution in [3.63, 3.8) is 0 Å². The maximum absolute atomic E-state index is 11.2. The molecule has 3 rings (SSSR count). The van der Waals surface area contributed by atoms with Gasteiger partial charge in [-0.1, -0.05) is 87.8 Å². The van der Waals surface area contributed by atoms with Gasteiger partial charge in [-0.15, -0.1) is 0 Å². The molecule has 0 aliphatic carbocycles. The first-order chi connectivity index (χ1) is 17.1. The summed E-state index contributed by atoms with van der Waals surface area (Å²) in [5.74, 6) is -0.0576. The molecule has 3 aromatic carbocycles. The molecule has 1 atom stereocenters. The molecule has 1 N–H and O–H groups in total. The summed E-state index contributed by atoms with van der Waals surface area (Å²) in [5.41, 5.74) is 3.44. The Balaban J connectivity index is 2.26. The third-order valence-corrected chi connectivity index (χ3v) is 6.96. The summed E-state index contributed by atoms with van der Waals surface area (Å²) in [5, 5.41) is 33.5. The number of nitro groups is 2. The van der Waals surface area contributed by atoms with Gasteiger partial charge in [-0.3, -0.25) is 20.2 Å². The minimum Gasteiger partial charge on any atom is -0.507 e. The van der Waals surface area contributed by atoms with E-state index in [1.807, 2.05) is 59.8 Å². The number of benzene rings is 3. The summed E-state index contributed by atoms with van der Waals surface area (Å²) in [4.78, 5) is 21.4. The Morgan fingerprint density at radius 3 is 1.57 bits per heavy atom. The quantitative estimate of drug-likeness (QED) is 0.238. The van der Waals surface area contributed by atoms with Crippen LogP contribution in [0.15, 0.2) is 66.7 Å². The highest BCUT2D eigenvalue weighted by Crippen LogP contribution is 2.43. The van der Waals surface area contributed by atoms with Crippen LogP contribution in [0, 0.1) is 20.2 Å². The lowest BCUT2D eigenvalue weighted by Crippen LogP contribution is -2.18. The highest BCUT2D eigenvalue weighted by atomic mass is 79.9. The number of non-ortho nitro benzene ring substituents is 2. The van der Waals surface area contributed by atoms with Crippen LogP contribution in [0.25, 0.3) is 4.48 Å². The van der Waals surface area contributed by atoms with Crippen LogP contribution in [0.5, 0.6) is 5.75 Å². The Morgan fingerprint density at radius 2 is 1.19 bits per heavy atom. The van der Waals surface area contributed by atoms with Crippen LogP contribution in [0.4, 0.5) is 11.4 Å². The van der Waals surface area contributed by atoms with E-state index in [-0.39, 0.29) is 33.9 Å². The Hall–Kier alpha value is -3.52. The molecular formula is C29H31BrN2O5. The predicted molar refractivity (Wildman–Crippen MR) is 150 cm³/mol. The number of rotatable bonds is 6. The first-order valence-electron chi connectivity index (χ1n) is 11.8. The van der Waals surface area contributed by atoms with Crippen LogP contribution in [-0.2, 0) is 10.8 Å². The lowest BCUT2D eigenvalue weighted by molar-refractivity contribution is -0.385. The van der Waals surface area contributed by atoms with E-state index < -0.39 is 9.85 Å². The van der Waals surface area contributed by atoms with E-state index in [2.05, 4.69) is 15.9 Å². The lowest BCUT2D eigenvalue weighted by Gasteiger charge is -2.29. The SMILES string of the molecule is CC(C)(C)c1cc(C(C=C(Br)c2ccc([N+](=O)[O-])cc2)c2ccc([N+](=O)[O-])cc2)cc(C(C)(C)C)c1O. The van der Waals surface area contributed by atoms with E-state index in [4.69, 9.17) is 0 Å². The number of phenolic OH excluding ortho intramolecular Hbond substituents is 1. The molecule has 8 heteroatoms. The maximum Gasteiger partial charge on any atom is 0.269 e. The van der Waals surface area contributed by atoms with Crippen LogP contribution in [-0.4, -0.2) is 15.0 Å². The van der Waals surface area contributed by atoms with Crippen molar-refractivity contribution in [1.29, 1.82) is 0 Å². The number of allylic oxidation sites excluding steroid dienone is 1. The second kappa shape index (κ2) is 10.5. The number of nitrogens with zero attached hydrogens (tertiary/aromatic N) is 2. The van der Waals surface area contributed by atoms with Crippen molar-refractivity contribution in [2.24, 2.45) is 0 Å². The first-order valence-corrected chi connectivity index (χ1v) is 12.6. The molecule has 7 nitrogen and oxygen atoms in total. The molecule has 0 amide bonds. The molecule has 37 heavy (non-hydrogen) atoms. The zero-order chi connectivity index (χ0) is 27.7. The molecule has 0 heterocycles. The monoisotopic (exact) mass is 566 g/mol. The zero-order valence-corrected chi connectivity index (χ0v) is 23.4. The molecule has 0 aromatic heterocycles. The van der Waals surface area contributed by atoms with Gasteiger partial charge in [-0.2, -0.15) is 0 Å². The van der Waals surface area contributed by atoms with Gasteiger partial charge in [-0.25, -0.2) is 0 Å². The number of hydrogen-bond donors (Lipinski definition) is 1. The molecule has 0 fully saturated rings. The summed E-state index contributed by atoms with van der Waals surface area (Å²) in [7, 11) is 0. The average Bonchev–Trinajstić information content (AvgIpc) is 2.81. The van der Waals surface area contributed by atoms with Crippen molar-refractivity contribution < 1.29 is 15.0 Å². The van der Waals surface area contributed by atoms with Gasteiger partial charge in [0.05, 0.1) is 9.85 Å². The van der Waals surface area contributed by atoms with Gasteiger partial charge < -0.3 is 5.11 Å². The number of halogens is 1. The molecule has 0 aliphatic rings. The molecule has 194 valence electrons. The van der Waals surface area contributed by atoms with Crippen LogP contribution in [0.2, 0.25) is 0 Å². The second-order valence-corrected chi connectivity index (χ2v) is 12.0. The molecule has 1 unspecified atom stereocenters. The minimum atomic E-state index is -0.445. The van der Waals surface area contributed by atoms with E-state index >= 15 is 0 Å². The summed E-state index contributed by atoms with van der Waals surface area (Å²) in [6.07, 6.45) is 1.98. The van der Waals surface area contributed by atoms with E-state index in [1.165, 1.54) is 24.3 Å². The first kappa shape index (κ1) is 28.1. The predicted octanol–water partition coefficient (Wildman–Crippen LogP) is 8.37. The molecule has 0 bridgehead atoms. The highest BCUT2D eigenvalue weighted by Gasteiger charge is 2.28. The standard InChI is InChI=1S/C29H31BrN2O5/c1-28(2,3)24-15-20(16-25(27(24)33)29(4,5)6)23(18-7-11-21(12-8-18)31(34)35)17-26(30)19-9-13-22(14-10-19)32(36)37/h7-17,23,33H,1-6H3. The van der Waals surface area contributed by atoms with Crippen LogP contribution < -0.4 is 0 Å². The van der Waals surface area contributed by atoms with Crippen molar-refractivity contribution in [1.82, 2.24) is 0 Å². The second-order valence-electron chi connectivity index (χ2n) is 11.1. The summed E-state index contributed by atoms with van der Waals surface area (Å²) in [6.45, 7) is 12.3. The van der Waals surface area contributed by atoms with Crippen molar-refractivity contribution in [3.8, 4) is 5.75 Å².